The molecule has 4 rings (SSSR count). The Morgan fingerprint density at radius 1 is 1.26 bits per heavy atom. The maximum atomic E-state index is 12.4. The maximum Gasteiger partial charge on any atom is 0.234 e. The van der Waals surface area contributed by atoms with Crippen molar-refractivity contribution in [3.8, 4) is 11.4 Å². The third kappa shape index (κ3) is 4.19. The molecule has 1 saturated carbocycles. The molecule has 1 N–H and O–H groups in total. The zero-order valence-corrected chi connectivity index (χ0v) is 15.9. The fourth-order valence-corrected chi connectivity index (χ4v) is 3.73. The number of rotatable bonds is 7. The van der Waals surface area contributed by atoms with Crippen LogP contribution in [0.15, 0.2) is 53.9 Å². The molecule has 0 spiro atoms. The van der Waals surface area contributed by atoms with Gasteiger partial charge in [0.25, 0.3) is 0 Å². The zero-order chi connectivity index (χ0) is 18.6. The Balaban J connectivity index is 1.45. The van der Waals surface area contributed by atoms with Crippen LogP contribution in [0.25, 0.3) is 11.4 Å². The Bertz CT molecular complexity index is 937. The average Bonchev–Trinajstić information content (AvgIpc) is 3.46. The molecule has 1 aromatic carbocycles. The Morgan fingerprint density at radius 3 is 2.89 bits per heavy atom. The number of benzene rings is 1. The van der Waals surface area contributed by atoms with Crippen molar-refractivity contribution in [2.75, 3.05) is 11.1 Å². The van der Waals surface area contributed by atoms with Crippen LogP contribution in [0.5, 0.6) is 0 Å². The van der Waals surface area contributed by atoms with Gasteiger partial charge in [0, 0.05) is 29.7 Å². The largest absolute Gasteiger partial charge is 0.325 e. The van der Waals surface area contributed by atoms with E-state index in [9.17, 15) is 4.79 Å². The molecule has 1 aliphatic rings. The maximum absolute atomic E-state index is 12.4. The first-order valence-corrected chi connectivity index (χ1v) is 10.1. The van der Waals surface area contributed by atoms with Gasteiger partial charge in [-0.05, 0) is 49.1 Å². The normalized spacial score (nSPS) is 13.5. The van der Waals surface area contributed by atoms with E-state index in [1.165, 1.54) is 17.3 Å². The molecule has 2 heterocycles. The van der Waals surface area contributed by atoms with Gasteiger partial charge in [-0.2, -0.15) is 0 Å². The van der Waals surface area contributed by atoms with E-state index in [-0.39, 0.29) is 5.91 Å². The summed E-state index contributed by atoms with van der Waals surface area (Å²) in [4.78, 5) is 16.5. The molecule has 138 valence electrons. The summed E-state index contributed by atoms with van der Waals surface area (Å²) in [5.74, 6) is 1.08. The number of anilines is 1. The van der Waals surface area contributed by atoms with Crippen LogP contribution in [-0.4, -0.2) is 31.4 Å². The van der Waals surface area contributed by atoms with Crippen molar-refractivity contribution < 1.29 is 4.79 Å². The van der Waals surface area contributed by atoms with Crippen molar-refractivity contribution in [3.05, 3.63) is 54.4 Å². The van der Waals surface area contributed by atoms with E-state index in [1.54, 1.807) is 12.4 Å². The number of nitrogens with one attached hydrogen (secondary N) is 1. The van der Waals surface area contributed by atoms with E-state index in [1.807, 2.05) is 30.3 Å². The minimum Gasteiger partial charge on any atom is -0.325 e. The second-order valence-corrected chi connectivity index (χ2v) is 7.48. The van der Waals surface area contributed by atoms with Gasteiger partial charge in [0.1, 0.15) is 0 Å². The van der Waals surface area contributed by atoms with E-state index >= 15 is 0 Å². The first kappa shape index (κ1) is 17.7. The summed E-state index contributed by atoms with van der Waals surface area (Å²) in [5, 5.41) is 12.4. The highest BCUT2D eigenvalue weighted by atomic mass is 32.2. The second-order valence-electron chi connectivity index (χ2n) is 6.54. The number of aryl methyl sites for hydroxylation is 1. The predicted octanol–water partition coefficient (Wildman–Crippen LogP) is 3.97. The second kappa shape index (κ2) is 7.92. The van der Waals surface area contributed by atoms with E-state index in [0.29, 0.717) is 11.8 Å². The van der Waals surface area contributed by atoms with Crippen molar-refractivity contribution in [2.24, 2.45) is 0 Å². The SMILES string of the molecule is CCc1cccc(NC(=O)CSc2nnc(-c3cccnc3)n2C2CC2)c1. The van der Waals surface area contributed by atoms with Gasteiger partial charge in [-0.3, -0.25) is 14.3 Å². The molecule has 0 saturated heterocycles. The summed E-state index contributed by atoms with van der Waals surface area (Å²) in [6.45, 7) is 2.10. The molecule has 27 heavy (non-hydrogen) atoms. The molecule has 0 unspecified atom stereocenters. The van der Waals surface area contributed by atoms with Crippen LogP contribution in [0, 0.1) is 0 Å². The van der Waals surface area contributed by atoms with Crippen LogP contribution in [-0.2, 0) is 11.2 Å². The topological polar surface area (TPSA) is 72.7 Å². The molecule has 1 aliphatic carbocycles. The van der Waals surface area contributed by atoms with Crippen molar-refractivity contribution >= 4 is 23.4 Å². The van der Waals surface area contributed by atoms with Crippen LogP contribution in [0.1, 0.15) is 31.4 Å². The quantitative estimate of drug-likeness (QED) is 0.629. The standard InChI is InChI=1S/C20H21N5OS/c1-2-14-5-3-7-16(11-14)22-18(26)13-27-20-24-23-19(25(20)17-8-9-17)15-6-4-10-21-12-15/h3-7,10-12,17H,2,8-9,13H2,1H3,(H,22,26). The minimum atomic E-state index is -0.0403. The summed E-state index contributed by atoms with van der Waals surface area (Å²) < 4.78 is 2.15. The first-order chi connectivity index (χ1) is 13.2. The Kier molecular flexibility index (Phi) is 5.20. The van der Waals surface area contributed by atoms with Crippen molar-refractivity contribution in [1.82, 2.24) is 19.7 Å². The monoisotopic (exact) mass is 379 g/mol. The Labute approximate surface area is 162 Å². The van der Waals surface area contributed by atoms with Gasteiger partial charge in [0.05, 0.1) is 5.75 Å². The number of amides is 1. The molecule has 0 radical (unpaired) electrons. The summed E-state index contributed by atoms with van der Waals surface area (Å²) in [7, 11) is 0. The molecule has 0 aliphatic heterocycles. The van der Waals surface area contributed by atoms with Crippen molar-refractivity contribution in [2.45, 2.75) is 37.4 Å². The summed E-state index contributed by atoms with van der Waals surface area (Å²) in [6, 6.07) is 12.2. The van der Waals surface area contributed by atoms with E-state index in [0.717, 1.165) is 41.5 Å². The smallest absolute Gasteiger partial charge is 0.234 e. The number of hydrogen-bond donors (Lipinski definition) is 1. The van der Waals surface area contributed by atoms with E-state index < -0.39 is 0 Å². The molecular weight excluding hydrogens is 358 g/mol. The lowest BCUT2D eigenvalue weighted by atomic mass is 10.1. The number of thioether (sulfide) groups is 1. The van der Waals surface area contributed by atoms with Crippen LogP contribution >= 0.6 is 11.8 Å². The van der Waals surface area contributed by atoms with Gasteiger partial charge in [-0.15, -0.1) is 10.2 Å². The lowest BCUT2D eigenvalue weighted by molar-refractivity contribution is -0.113. The van der Waals surface area contributed by atoms with Gasteiger partial charge < -0.3 is 5.32 Å². The lowest BCUT2D eigenvalue weighted by Crippen LogP contribution is -2.14. The van der Waals surface area contributed by atoms with Crippen LogP contribution in [0.2, 0.25) is 0 Å². The highest BCUT2D eigenvalue weighted by molar-refractivity contribution is 7.99. The summed E-state index contributed by atoms with van der Waals surface area (Å²) in [5.41, 5.74) is 2.99. The van der Waals surface area contributed by atoms with Crippen LogP contribution < -0.4 is 5.32 Å². The molecular formula is C20H21N5OS. The third-order valence-electron chi connectivity index (χ3n) is 4.45. The number of pyridine rings is 1. The lowest BCUT2D eigenvalue weighted by Gasteiger charge is -2.09. The highest BCUT2D eigenvalue weighted by Crippen LogP contribution is 2.40. The predicted molar refractivity (Wildman–Crippen MR) is 107 cm³/mol. The van der Waals surface area contributed by atoms with Gasteiger partial charge in [-0.25, -0.2) is 0 Å². The molecule has 0 bridgehead atoms. The molecule has 6 nitrogen and oxygen atoms in total. The zero-order valence-electron chi connectivity index (χ0n) is 15.1. The minimum absolute atomic E-state index is 0.0403. The molecule has 1 fully saturated rings. The molecule has 7 heteroatoms. The number of carbonyl (C=O) groups is 1. The molecule has 0 atom stereocenters. The Morgan fingerprint density at radius 2 is 2.15 bits per heavy atom. The van der Waals surface area contributed by atoms with Gasteiger partial charge >= 0.3 is 0 Å². The van der Waals surface area contributed by atoms with Crippen LogP contribution in [0.3, 0.4) is 0 Å². The average molecular weight is 379 g/mol. The van der Waals surface area contributed by atoms with Gasteiger partial charge in [-0.1, -0.05) is 30.8 Å². The van der Waals surface area contributed by atoms with Crippen molar-refractivity contribution in [1.29, 1.82) is 0 Å². The highest BCUT2D eigenvalue weighted by Gasteiger charge is 2.30. The van der Waals surface area contributed by atoms with Crippen LogP contribution in [0.4, 0.5) is 5.69 Å². The summed E-state index contributed by atoms with van der Waals surface area (Å²) >= 11 is 1.43. The number of nitrogens with zero attached hydrogens (tertiary/aromatic N) is 4. The third-order valence-corrected chi connectivity index (χ3v) is 5.39. The number of hydrogen-bond acceptors (Lipinski definition) is 5. The fraction of sp³-hybridized carbons (Fsp3) is 0.300. The fourth-order valence-electron chi connectivity index (χ4n) is 2.93. The van der Waals surface area contributed by atoms with Gasteiger partial charge in [0.15, 0.2) is 11.0 Å². The van der Waals surface area contributed by atoms with Gasteiger partial charge in [0.2, 0.25) is 5.91 Å². The van der Waals surface area contributed by atoms with Crippen molar-refractivity contribution in [3.63, 3.8) is 0 Å². The number of aromatic nitrogens is 4. The molecule has 2 aromatic heterocycles. The Hall–Kier alpha value is -2.67. The molecule has 1 amide bonds. The summed E-state index contributed by atoms with van der Waals surface area (Å²) in [6.07, 6.45) is 6.73. The van der Waals surface area contributed by atoms with E-state index in [4.69, 9.17) is 0 Å². The molecule has 3 aromatic rings. The van der Waals surface area contributed by atoms with E-state index in [2.05, 4.69) is 38.1 Å². The number of carbonyl (C=O) groups excluding carboxylic acids is 1. The first-order valence-electron chi connectivity index (χ1n) is 9.11.